The van der Waals surface area contributed by atoms with E-state index in [9.17, 15) is 29.6 Å². The van der Waals surface area contributed by atoms with Crippen molar-refractivity contribution in [2.75, 3.05) is 10.2 Å². The van der Waals surface area contributed by atoms with Crippen LogP contribution in [0.3, 0.4) is 0 Å². The summed E-state index contributed by atoms with van der Waals surface area (Å²) in [4.78, 5) is 53.3. The number of nitrogens with zero attached hydrogens (tertiary/aromatic N) is 2. The molecule has 3 amide bonds. The lowest BCUT2D eigenvalue weighted by Gasteiger charge is -2.30. The van der Waals surface area contributed by atoms with Crippen LogP contribution in [0.25, 0.3) is 0 Å². The number of amides is 3. The van der Waals surface area contributed by atoms with Gasteiger partial charge in [0.25, 0.3) is 5.69 Å². The minimum absolute atomic E-state index is 0.105. The van der Waals surface area contributed by atoms with Gasteiger partial charge in [0.1, 0.15) is 11.3 Å². The van der Waals surface area contributed by atoms with E-state index in [0.29, 0.717) is 23.2 Å². The number of fused-ring (bicyclic) bond motifs is 4. The molecule has 0 bridgehead atoms. The Morgan fingerprint density at radius 1 is 1.03 bits per heavy atom. The van der Waals surface area contributed by atoms with Gasteiger partial charge in [0, 0.05) is 29.4 Å². The fraction of sp³-hybridized carbons (Fsp3) is 0.222. The molecule has 3 aliphatic rings. The Hall–Kier alpha value is -4.57. The Kier molecular flexibility index (Phi) is 4.93. The number of carbonyl (C=O) groups is 3. The first kappa shape index (κ1) is 22.9. The van der Waals surface area contributed by atoms with Crippen molar-refractivity contribution in [3.8, 4) is 5.75 Å². The molecule has 186 valence electrons. The minimum atomic E-state index is -1.45. The molecular weight excluding hydrogens is 476 g/mol. The second kappa shape index (κ2) is 7.97. The summed E-state index contributed by atoms with van der Waals surface area (Å²) in [5.41, 5.74) is 1.08. The van der Waals surface area contributed by atoms with Crippen LogP contribution in [-0.2, 0) is 26.3 Å². The van der Waals surface area contributed by atoms with Crippen molar-refractivity contribution in [1.29, 1.82) is 0 Å². The predicted octanol–water partition coefficient (Wildman–Crippen LogP) is 2.78. The van der Waals surface area contributed by atoms with E-state index in [1.165, 1.54) is 18.2 Å². The summed E-state index contributed by atoms with van der Waals surface area (Å²) in [5, 5.41) is 27.1. The third-order valence-corrected chi connectivity index (χ3v) is 7.65. The summed E-state index contributed by atoms with van der Waals surface area (Å²) in [5.74, 6) is -3.15. The number of benzene rings is 3. The Morgan fingerprint density at radius 2 is 1.76 bits per heavy atom. The van der Waals surface area contributed by atoms with Gasteiger partial charge in [-0.2, -0.15) is 0 Å². The average Bonchev–Trinajstić information content (AvgIpc) is 3.45. The van der Waals surface area contributed by atoms with Crippen molar-refractivity contribution < 1.29 is 24.4 Å². The molecule has 0 aliphatic carbocycles. The Labute approximate surface area is 211 Å². The second-order valence-corrected chi connectivity index (χ2v) is 9.67. The summed E-state index contributed by atoms with van der Waals surface area (Å²) in [6, 6.07) is 17.1. The smallest absolute Gasteiger partial charge is 0.269 e. The number of nitrogens with one attached hydrogen (secondary N) is 2. The maximum atomic E-state index is 14.0. The molecule has 2 fully saturated rings. The van der Waals surface area contributed by atoms with Crippen LogP contribution in [0.2, 0.25) is 0 Å². The first-order chi connectivity index (χ1) is 17.7. The number of para-hydroxylation sites is 1. The van der Waals surface area contributed by atoms with Crippen LogP contribution in [0.4, 0.5) is 17.1 Å². The van der Waals surface area contributed by atoms with Gasteiger partial charge < -0.3 is 10.4 Å². The molecule has 0 aromatic heterocycles. The van der Waals surface area contributed by atoms with Gasteiger partial charge in [-0.05, 0) is 48.7 Å². The molecule has 0 unspecified atom stereocenters. The minimum Gasteiger partial charge on any atom is -0.508 e. The van der Waals surface area contributed by atoms with Gasteiger partial charge in [0.2, 0.25) is 17.7 Å². The maximum Gasteiger partial charge on any atom is 0.269 e. The molecule has 2 saturated heterocycles. The molecule has 3 aliphatic heterocycles. The third-order valence-electron chi connectivity index (χ3n) is 7.65. The second-order valence-electron chi connectivity index (χ2n) is 9.67. The highest BCUT2D eigenvalue weighted by Crippen LogP contribution is 2.54. The van der Waals surface area contributed by atoms with Gasteiger partial charge in [0.15, 0.2) is 0 Å². The number of carbonyl (C=O) groups excluding carboxylic acids is 3. The highest BCUT2D eigenvalue weighted by atomic mass is 16.6. The molecule has 3 heterocycles. The first-order valence-electron chi connectivity index (χ1n) is 11.8. The molecule has 3 N–H and O–H groups in total. The Balaban J connectivity index is 1.48. The Morgan fingerprint density at radius 3 is 2.46 bits per heavy atom. The standard InChI is InChI=1S/C27H22N4O6/c1-14-12-16(31(36)37)8-11-21(14)30-24(33)22-20(13-15-6-9-17(32)10-7-15)29-27(23(22)25(30)34)18-4-2-3-5-19(18)28-26(27)35/h2-12,20,22-23,29,32H,13H2,1H3,(H,28,35)/t20-,22-,23+,27-/m1/s1. The van der Waals surface area contributed by atoms with Crippen molar-refractivity contribution in [2.24, 2.45) is 11.8 Å². The van der Waals surface area contributed by atoms with Gasteiger partial charge in [-0.3, -0.25) is 29.8 Å². The number of phenols is 1. The zero-order valence-electron chi connectivity index (χ0n) is 19.7. The lowest BCUT2D eigenvalue weighted by atomic mass is 9.76. The fourth-order valence-corrected chi connectivity index (χ4v) is 6.06. The summed E-state index contributed by atoms with van der Waals surface area (Å²) >= 11 is 0. The number of hydrogen-bond acceptors (Lipinski definition) is 7. The fourth-order valence-electron chi connectivity index (χ4n) is 6.06. The van der Waals surface area contributed by atoms with Crippen LogP contribution in [-0.4, -0.2) is 33.8 Å². The van der Waals surface area contributed by atoms with E-state index in [2.05, 4.69) is 10.6 Å². The number of nitro groups is 1. The molecule has 4 atom stereocenters. The largest absolute Gasteiger partial charge is 0.508 e. The average molecular weight is 498 g/mol. The molecule has 0 saturated carbocycles. The van der Waals surface area contributed by atoms with Crippen molar-refractivity contribution in [3.05, 3.63) is 93.5 Å². The molecule has 0 radical (unpaired) electrons. The van der Waals surface area contributed by atoms with Crippen LogP contribution >= 0.6 is 0 Å². The Bertz CT molecular complexity index is 1500. The van der Waals surface area contributed by atoms with Crippen molar-refractivity contribution in [3.63, 3.8) is 0 Å². The zero-order chi connectivity index (χ0) is 26.1. The van der Waals surface area contributed by atoms with E-state index in [0.717, 1.165) is 10.5 Å². The number of aromatic hydroxyl groups is 1. The summed E-state index contributed by atoms with van der Waals surface area (Å²) in [6.45, 7) is 1.61. The summed E-state index contributed by atoms with van der Waals surface area (Å²) in [7, 11) is 0. The molecule has 1 spiro atoms. The molecule has 37 heavy (non-hydrogen) atoms. The van der Waals surface area contributed by atoms with E-state index in [4.69, 9.17) is 0 Å². The van der Waals surface area contributed by atoms with Crippen LogP contribution < -0.4 is 15.5 Å². The normalized spacial score (nSPS) is 25.9. The van der Waals surface area contributed by atoms with Crippen LogP contribution in [0, 0.1) is 28.9 Å². The van der Waals surface area contributed by atoms with E-state index in [1.807, 2.05) is 0 Å². The van der Waals surface area contributed by atoms with Gasteiger partial charge in [-0.1, -0.05) is 30.3 Å². The number of anilines is 2. The van der Waals surface area contributed by atoms with E-state index < -0.39 is 46.1 Å². The number of non-ortho nitro benzene ring substituents is 1. The van der Waals surface area contributed by atoms with Crippen LogP contribution in [0.5, 0.6) is 5.75 Å². The SMILES string of the molecule is Cc1cc([N+](=O)[O-])ccc1N1C(=O)[C@H]2[C@@H](C1=O)[C@@]1(N[C@@H]2Cc2ccc(O)cc2)C(=O)Nc2ccccc21. The molecule has 6 rings (SSSR count). The van der Waals surface area contributed by atoms with E-state index in [-0.39, 0.29) is 17.1 Å². The maximum absolute atomic E-state index is 14.0. The predicted molar refractivity (Wildman–Crippen MR) is 133 cm³/mol. The number of rotatable bonds is 4. The highest BCUT2D eigenvalue weighted by Gasteiger charge is 2.70. The van der Waals surface area contributed by atoms with Gasteiger partial charge in [0.05, 0.1) is 22.4 Å². The van der Waals surface area contributed by atoms with Crippen molar-refractivity contribution in [1.82, 2.24) is 5.32 Å². The lowest BCUT2D eigenvalue weighted by molar-refractivity contribution is -0.384. The van der Waals surface area contributed by atoms with Crippen molar-refractivity contribution >= 4 is 34.8 Å². The number of hydrogen-bond donors (Lipinski definition) is 3. The summed E-state index contributed by atoms with van der Waals surface area (Å²) < 4.78 is 0. The topological polar surface area (TPSA) is 142 Å². The van der Waals surface area contributed by atoms with E-state index >= 15 is 0 Å². The molecule has 3 aromatic carbocycles. The van der Waals surface area contributed by atoms with Gasteiger partial charge in [-0.15, -0.1) is 0 Å². The monoisotopic (exact) mass is 498 g/mol. The molecule has 10 nitrogen and oxygen atoms in total. The van der Waals surface area contributed by atoms with Gasteiger partial charge >= 0.3 is 0 Å². The van der Waals surface area contributed by atoms with Crippen LogP contribution in [0.15, 0.2) is 66.7 Å². The van der Waals surface area contributed by atoms with Crippen molar-refractivity contribution in [2.45, 2.75) is 24.9 Å². The molecule has 10 heteroatoms. The molecular formula is C27H22N4O6. The van der Waals surface area contributed by atoms with Crippen LogP contribution in [0.1, 0.15) is 16.7 Å². The lowest BCUT2D eigenvalue weighted by Crippen LogP contribution is -2.53. The number of aryl methyl sites for hydroxylation is 1. The third kappa shape index (κ3) is 3.19. The number of nitro benzene ring substituents is 1. The quantitative estimate of drug-likeness (QED) is 0.285. The van der Waals surface area contributed by atoms with Gasteiger partial charge in [-0.25, -0.2) is 4.90 Å². The molecule has 3 aromatic rings. The highest BCUT2D eigenvalue weighted by molar-refractivity contribution is 6.26. The van der Waals surface area contributed by atoms with E-state index in [1.54, 1.807) is 55.5 Å². The summed E-state index contributed by atoms with van der Waals surface area (Å²) in [6.07, 6.45) is 0.338. The zero-order valence-corrected chi connectivity index (χ0v) is 19.7. The first-order valence-corrected chi connectivity index (χ1v) is 11.8. The number of imide groups is 1. The number of phenolic OH excluding ortho intramolecular Hbond substituents is 1.